The van der Waals surface area contributed by atoms with E-state index in [4.69, 9.17) is 0 Å². The van der Waals surface area contributed by atoms with Crippen LogP contribution in [0.15, 0.2) is 23.1 Å². The SMILES string of the molecule is CCCNC(=O)c1cn(CC)c2nc(C)ccc2c1=O. The lowest BCUT2D eigenvalue weighted by atomic mass is 10.1. The molecule has 20 heavy (non-hydrogen) atoms. The van der Waals surface area contributed by atoms with Gasteiger partial charge in [-0.2, -0.15) is 0 Å². The predicted octanol–water partition coefficient (Wildman–Crippen LogP) is 1.86. The predicted molar refractivity (Wildman–Crippen MR) is 79.0 cm³/mol. The molecule has 106 valence electrons. The third-order valence-corrected chi connectivity index (χ3v) is 3.18. The topological polar surface area (TPSA) is 64.0 Å². The van der Waals surface area contributed by atoms with Gasteiger partial charge in [-0.05, 0) is 32.4 Å². The average molecular weight is 273 g/mol. The highest BCUT2D eigenvalue weighted by Crippen LogP contribution is 2.10. The molecule has 0 bridgehead atoms. The zero-order valence-corrected chi connectivity index (χ0v) is 12.1. The van der Waals surface area contributed by atoms with E-state index in [0.29, 0.717) is 24.1 Å². The molecule has 0 atom stereocenters. The maximum Gasteiger partial charge on any atom is 0.256 e. The van der Waals surface area contributed by atoms with Gasteiger partial charge in [0.1, 0.15) is 11.2 Å². The molecular weight excluding hydrogens is 254 g/mol. The Morgan fingerprint density at radius 2 is 2.10 bits per heavy atom. The number of rotatable bonds is 4. The van der Waals surface area contributed by atoms with Crippen molar-refractivity contribution in [3.05, 3.63) is 39.8 Å². The van der Waals surface area contributed by atoms with Gasteiger partial charge < -0.3 is 9.88 Å². The summed E-state index contributed by atoms with van der Waals surface area (Å²) in [4.78, 5) is 28.9. The zero-order valence-electron chi connectivity index (χ0n) is 12.1. The Kier molecular flexibility index (Phi) is 4.17. The highest BCUT2D eigenvalue weighted by molar-refractivity contribution is 5.96. The van der Waals surface area contributed by atoms with E-state index < -0.39 is 0 Å². The molecule has 1 N–H and O–H groups in total. The van der Waals surface area contributed by atoms with Crippen LogP contribution in [0.1, 0.15) is 36.3 Å². The Morgan fingerprint density at radius 1 is 1.35 bits per heavy atom. The van der Waals surface area contributed by atoms with Crippen LogP contribution in [-0.4, -0.2) is 22.0 Å². The van der Waals surface area contributed by atoms with E-state index in [0.717, 1.165) is 12.1 Å². The molecule has 0 unspecified atom stereocenters. The van der Waals surface area contributed by atoms with Gasteiger partial charge in [-0.3, -0.25) is 9.59 Å². The largest absolute Gasteiger partial charge is 0.352 e. The number of pyridine rings is 2. The lowest BCUT2D eigenvalue weighted by Gasteiger charge is -2.11. The highest BCUT2D eigenvalue weighted by atomic mass is 16.2. The van der Waals surface area contributed by atoms with Crippen LogP contribution >= 0.6 is 0 Å². The van der Waals surface area contributed by atoms with E-state index in [1.165, 1.54) is 0 Å². The summed E-state index contributed by atoms with van der Waals surface area (Å²) in [6.07, 6.45) is 2.43. The molecule has 2 aromatic heterocycles. The van der Waals surface area contributed by atoms with Crippen LogP contribution in [0.4, 0.5) is 0 Å². The Labute approximate surface area is 117 Å². The van der Waals surface area contributed by atoms with Crippen molar-refractivity contribution in [2.75, 3.05) is 6.54 Å². The second kappa shape index (κ2) is 5.86. The molecule has 0 aromatic carbocycles. The van der Waals surface area contributed by atoms with Crippen molar-refractivity contribution >= 4 is 16.9 Å². The molecule has 2 aromatic rings. The van der Waals surface area contributed by atoms with Gasteiger partial charge in [0.15, 0.2) is 0 Å². The number of nitrogens with one attached hydrogen (secondary N) is 1. The highest BCUT2D eigenvalue weighted by Gasteiger charge is 2.15. The molecule has 2 rings (SSSR count). The fourth-order valence-electron chi connectivity index (χ4n) is 2.10. The summed E-state index contributed by atoms with van der Waals surface area (Å²) < 4.78 is 1.84. The molecule has 0 fully saturated rings. The van der Waals surface area contributed by atoms with Crippen molar-refractivity contribution in [3.8, 4) is 0 Å². The normalized spacial score (nSPS) is 10.8. The molecule has 1 amide bonds. The molecule has 0 radical (unpaired) electrons. The standard InChI is InChI=1S/C15H19N3O2/c1-4-8-16-15(20)12-9-18(5-2)14-11(13(12)19)7-6-10(3)17-14/h6-7,9H,4-5,8H2,1-3H3,(H,16,20). The number of hydrogen-bond donors (Lipinski definition) is 1. The van der Waals surface area contributed by atoms with Gasteiger partial charge in [0.25, 0.3) is 5.91 Å². The lowest BCUT2D eigenvalue weighted by molar-refractivity contribution is 0.0952. The maximum atomic E-state index is 12.4. The number of carbonyl (C=O) groups excluding carboxylic acids is 1. The minimum atomic E-state index is -0.318. The first-order chi connectivity index (χ1) is 9.58. The molecule has 0 spiro atoms. The first-order valence-corrected chi connectivity index (χ1v) is 6.87. The number of nitrogens with zero attached hydrogens (tertiary/aromatic N) is 2. The number of aryl methyl sites for hydroxylation is 2. The van der Waals surface area contributed by atoms with E-state index in [-0.39, 0.29) is 16.9 Å². The van der Waals surface area contributed by atoms with Crippen LogP contribution in [0.2, 0.25) is 0 Å². The molecule has 5 heteroatoms. The van der Waals surface area contributed by atoms with Crippen molar-refractivity contribution in [1.29, 1.82) is 0 Å². The Hall–Kier alpha value is -2.17. The molecule has 0 aliphatic heterocycles. The number of hydrogen-bond acceptors (Lipinski definition) is 3. The van der Waals surface area contributed by atoms with Gasteiger partial charge in [0.2, 0.25) is 5.43 Å². The Bertz CT molecular complexity index is 704. The monoisotopic (exact) mass is 273 g/mol. The van der Waals surface area contributed by atoms with E-state index in [1.807, 2.05) is 25.3 Å². The van der Waals surface area contributed by atoms with Crippen LogP contribution in [0.3, 0.4) is 0 Å². The van der Waals surface area contributed by atoms with Gasteiger partial charge >= 0.3 is 0 Å². The summed E-state index contributed by atoms with van der Waals surface area (Å²) in [6.45, 7) is 7.03. The number of aromatic nitrogens is 2. The summed E-state index contributed by atoms with van der Waals surface area (Å²) in [5.41, 5.74) is 1.40. The van der Waals surface area contributed by atoms with Gasteiger partial charge in [0.05, 0.1) is 5.39 Å². The summed E-state index contributed by atoms with van der Waals surface area (Å²) >= 11 is 0. The van der Waals surface area contributed by atoms with E-state index in [2.05, 4.69) is 10.3 Å². The molecule has 0 aliphatic carbocycles. The van der Waals surface area contributed by atoms with Crippen molar-refractivity contribution in [2.45, 2.75) is 33.7 Å². The van der Waals surface area contributed by atoms with Gasteiger partial charge in [-0.15, -0.1) is 0 Å². The van der Waals surface area contributed by atoms with Crippen LogP contribution < -0.4 is 10.7 Å². The van der Waals surface area contributed by atoms with Gasteiger partial charge in [0, 0.05) is 25.0 Å². The fraction of sp³-hybridized carbons (Fsp3) is 0.400. The molecule has 5 nitrogen and oxygen atoms in total. The smallest absolute Gasteiger partial charge is 0.256 e. The van der Waals surface area contributed by atoms with E-state index in [1.54, 1.807) is 18.3 Å². The minimum Gasteiger partial charge on any atom is -0.352 e. The van der Waals surface area contributed by atoms with Crippen molar-refractivity contribution in [2.24, 2.45) is 0 Å². The van der Waals surface area contributed by atoms with Crippen molar-refractivity contribution < 1.29 is 4.79 Å². The van der Waals surface area contributed by atoms with Gasteiger partial charge in [-0.1, -0.05) is 6.92 Å². The third kappa shape index (κ3) is 2.57. The minimum absolute atomic E-state index is 0.179. The summed E-state index contributed by atoms with van der Waals surface area (Å²) in [6, 6.07) is 3.53. The quantitative estimate of drug-likeness (QED) is 0.924. The summed E-state index contributed by atoms with van der Waals surface area (Å²) in [5.74, 6) is -0.318. The fourth-order valence-corrected chi connectivity index (χ4v) is 2.10. The number of amides is 1. The Morgan fingerprint density at radius 3 is 2.75 bits per heavy atom. The zero-order chi connectivity index (χ0) is 14.7. The third-order valence-electron chi connectivity index (χ3n) is 3.18. The summed E-state index contributed by atoms with van der Waals surface area (Å²) in [5, 5.41) is 3.23. The first kappa shape index (κ1) is 14.2. The Balaban J connectivity index is 2.63. The molecule has 0 aliphatic rings. The molecular formula is C15H19N3O2. The maximum absolute atomic E-state index is 12.4. The number of fused-ring (bicyclic) bond motifs is 1. The molecule has 0 saturated carbocycles. The van der Waals surface area contributed by atoms with Crippen LogP contribution in [0.25, 0.3) is 11.0 Å². The second-order valence-corrected chi connectivity index (χ2v) is 4.74. The number of carbonyl (C=O) groups is 1. The summed E-state index contributed by atoms with van der Waals surface area (Å²) in [7, 11) is 0. The van der Waals surface area contributed by atoms with Crippen LogP contribution in [0.5, 0.6) is 0 Å². The molecule has 2 heterocycles. The second-order valence-electron chi connectivity index (χ2n) is 4.74. The van der Waals surface area contributed by atoms with E-state index >= 15 is 0 Å². The molecule has 0 saturated heterocycles. The van der Waals surface area contributed by atoms with Crippen LogP contribution in [-0.2, 0) is 6.54 Å². The average Bonchev–Trinajstić information content (AvgIpc) is 2.45. The van der Waals surface area contributed by atoms with Gasteiger partial charge in [-0.25, -0.2) is 4.98 Å². The van der Waals surface area contributed by atoms with Crippen LogP contribution in [0, 0.1) is 6.92 Å². The van der Waals surface area contributed by atoms with E-state index in [9.17, 15) is 9.59 Å². The first-order valence-electron chi connectivity index (χ1n) is 6.87. The van der Waals surface area contributed by atoms with Crippen molar-refractivity contribution in [3.63, 3.8) is 0 Å². The lowest BCUT2D eigenvalue weighted by Crippen LogP contribution is -2.30. The van der Waals surface area contributed by atoms with Crippen molar-refractivity contribution in [1.82, 2.24) is 14.9 Å².